The topological polar surface area (TPSA) is 70.7 Å². The number of anilines is 2. The van der Waals surface area contributed by atoms with Crippen LogP contribution in [0.15, 0.2) is 78.9 Å². The average molecular weight is 464 g/mol. The van der Waals surface area contributed by atoms with Gasteiger partial charge < -0.3 is 20.3 Å². The summed E-state index contributed by atoms with van der Waals surface area (Å²) in [5, 5.41) is 5.52. The summed E-state index contributed by atoms with van der Waals surface area (Å²) < 4.78 is 18.3. The van der Waals surface area contributed by atoms with E-state index in [-0.39, 0.29) is 17.8 Å². The monoisotopic (exact) mass is 463 g/mol. The van der Waals surface area contributed by atoms with Gasteiger partial charge in [-0.25, -0.2) is 4.39 Å². The van der Waals surface area contributed by atoms with Gasteiger partial charge in [0.2, 0.25) is 6.41 Å². The van der Waals surface area contributed by atoms with E-state index in [0.717, 1.165) is 25.2 Å². The Balaban J connectivity index is 0.000000192. The molecule has 1 aliphatic rings. The zero-order valence-electron chi connectivity index (χ0n) is 19.2. The molecule has 0 saturated carbocycles. The molecule has 0 spiro atoms. The van der Waals surface area contributed by atoms with Crippen molar-refractivity contribution in [1.29, 1.82) is 0 Å². The second-order valence-electron chi connectivity index (χ2n) is 7.95. The number of benzene rings is 3. The first-order valence-corrected chi connectivity index (χ1v) is 11.3. The summed E-state index contributed by atoms with van der Waals surface area (Å²) in [5.74, 6) is -0.375. The van der Waals surface area contributed by atoms with Crippen molar-refractivity contribution in [1.82, 2.24) is 5.32 Å². The van der Waals surface area contributed by atoms with Gasteiger partial charge in [0.25, 0.3) is 5.91 Å². The van der Waals surface area contributed by atoms with Crippen LogP contribution in [0.25, 0.3) is 0 Å². The number of amides is 2. The summed E-state index contributed by atoms with van der Waals surface area (Å²) in [6.45, 7) is 4.82. The molecule has 1 atom stereocenters. The molecule has 3 aromatic carbocycles. The van der Waals surface area contributed by atoms with Crippen molar-refractivity contribution in [2.45, 2.75) is 19.4 Å². The highest BCUT2D eigenvalue weighted by atomic mass is 19.1. The van der Waals surface area contributed by atoms with Crippen LogP contribution in [-0.4, -0.2) is 44.7 Å². The highest BCUT2D eigenvalue weighted by molar-refractivity contribution is 5.94. The number of nitrogens with zero attached hydrogens (tertiary/aromatic N) is 1. The van der Waals surface area contributed by atoms with E-state index in [1.54, 1.807) is 6.07 Å². The Kier molecular flexibility index (Phi) is 9.61. The molecule has 6 nitrogen and oxygen atoms in total. The van der Waals surface area contributed by atoms with Crippen LogP contribution in [0.1, 0.15) is 22.8 Å². The van der Waals surface area contributed by atoms with Crippen molar-refractivity contribution in [2.75, 3.05) is 36.5 Å². The minimum absolute atomic E-state index is 0.0148. The molecule has 7 heteroatoms. The lowest BCUT2D eigenvalue weighted by Crippen LogP contribution is -2.36. The van der Waals surface area contributed by atoms with Gasteiger partial charge in [-0.3, -0.25) is 9.59 Å². The van der Waals surface area contributed by atoms with Gasteiger partial charge in [0.15, 0.2) is 0 Å². The molecule has 2 amide bonds. The Morgan fingerprint density at radius 2 is 1.68 bits per heavy atom. The fraction of sp³-hybridized carbons (Fsp3) is 0.259. The van der Waals surface area contributed by atoms with Crippen molar-refractivity contribution in [3.63, 3.8) is 0 Å². The predicted molar refractivity (Wildman–Crippen MR) is 133 cm³/mol. The number of hydrogen-bond donors (Lipinski definition) is 2. The molecule has 1 fully saturated rings. The van der Waals surface area contributed by atoms with Crippen LogP contribution in [0.2, 0.25) is 0 Å². The Labute approximate surface area is 199 Å². The van der Waals surface area contributed by atoms with Gasteiger partial charge in [-0.15, -0.1) is 0 Å². The van der Waals surface area contributed by atoms with E-state index in [0.29, 0.717) is 30.9 Å². The van der Waals surface area contributed by atoms with E-state index in [1.807, 2.05) is 55.5 Å². The standard InChI is InChI=1S/C16H17NO.C11H13FN2O2/c1-13(12-14-8-4-2-5-9-14)17-16(18)15-10-6-3-7-11-15;12-9-1-2-11(10(7-9)13-8-15)14-3-5-16-6-4-14/h2-11,13H,12H2,1H3,(H,17,18);1-2,7-8H,3-6H2,(H,13,15). The number of ether oxygens (including phenoxy) is 1. The van der Waals surface area contributed by atoms with Gasteiger partial charge in [-0.1, -0.05) is 48.5 Å². The van der Waals surface area contributed by atoms with E-state index >= 15 is 0 Å². The maximum atomic E-state index is 13.0. The smallest absolute Gasteiger partial charge is 0.251 e. The molecule has 1 aliphatic heterocycles. The van der Waals surface area contributed by atoms with Crippen LogP contribution in [0, 0.1) is 5.82 Å². The Morgan fingerprint density at radius 1 is 1.03 bits per heavy atom. The van der Waals surface area contributed by atoms with Crippen LogP contribution in [0.5, 0.6) is 0 Å². The second kappa shape index (κ2) is 13.1. The summed E-state index contributed by atoms with van der Waals surface area (Å²) in [4.78, 5) is 24.4. The molecule has 178 valence electrons. The van der Waals surface area contributed by atoms with Crippen LogP contribution in [0.4, 0.5) is 15.8 Å². The Bertz CT molecular complexity index is 1040. The molecule has 3 aromatic rings. The van der Waals surface area contributed by atoms with Crippen LogP contribution in [0.3, 0.4) is 0 Å². The van der Waals surface area contributed by atoms with E-state index < -0.39 is 0 Å². The average Bonchev–Trinajstić information content (AvgIpc) is 2.86. The number of rotatable bonds is 7. The van der Waals surface area contributed by atoms with E-state index in [4.69, 9.17) is 4.74 Å². The fourth-order valence-electron chi connectivity index (χ4n) is 3.68. The van der Waals surface area contributed by atoms with Crippen LogP contribution >= 0.6 is 0 Å². The molecule has 0 aromatic heterocycles. The molecule has 1 heterocycles. The summed E-state index contributed by atoms with van der Waals surface area (Å²) in [6, 6.07) is 24.0. The number of hydrogen-bond acceptors (Lipinski definition) is 4. The van der Waals surface area contributed by atoms with Gasteiger partial charge in [-0.2, -0.15) is 0 Å². The van der Waals surface area contributed by atoms with Crippen molar-refractivity contribution in [2.24, 2.45) is 0 Å². The minimum Gasteiger partial charge on any atom is -0.378 e. The van der Waals surface area contributed by atoms with Crippen molar-refractivity contribution in [3.8, 4) is 0 Å². The third-order valence-electron chi connectivity index (χ3n) is 5.32. The van der Waals surface area contributed by atoms with Crippen molar-refractivity contribution >= 4 is 23.7 Å². The lowest BCUT2D eigenvalue weighted by molar-refractivity contribution is -0.105. The molecule has 0 radical (unpaired) electrons. The van der Waals surface area contributed by atoms with Crippen molar-refractivity contribution in [3.05, 3.63) is 95.8 Å². The summed E-state index contributed by atoms with van der Waals surface area (Å²) in [7, 11) is 0. The molecule has 1 unspecified atom stereocenters. The molecule has 1 saturated heterocycles. The third kappa shape index (κ3) is 7.71. The summed E-state index contributed by atoms with van der Waals surface area (Å²) in [6.07, 6.45) is 1.40. The first kappa shape index (κ1) is 24.9. The number of carbonyl (C=O) groups is 2. The first-order valence-electron chi connectivity index (χ1n) is 11.3. The number of carbonyl (C=O) groups excluding carboxylic acids is 2. The van der Waals surface area contributed by atoms with Crippen LogP contribution in [-0.2, 0) is 16.0 Å². The Morgan fingerprint density at radius 3 is 2.32 bits per heavy atom. The number of halogens is 1. The maximum Gasteiger partial charge on any atom is 0.251 e. The van der Waals surface area contributed by atoms with E-state index in [1.165, 1.54) is 17.7 Å². The molecule has 34 heavy (non-hydrogen) atoms. The molecule has 2 N–H and O–H groups in total. The highest BCUT2D eigenvalue weighted by Crippen LogP contribution is 2.27. The number of morpholine rings is 1. The number of nitrogens with one attached hydrogen (secondary N) is 2. The van der Waals surface area contributed by atoms with Gasteiger partial charge in [0.05, 0.1) is 24.6 Å². The Hall–Kier alpha value is -3.71. The van der Waals surface area contributed by atoms with Crippen LogP contribution < -0.4 is 15.5 Å². The molecular weight excluding hydrogens is 433 g/mol. The summed E-state index contributed by atoms with van der Waals surface area (Å²) in [5.41, 5.74) is 3.27. The molecule has 0 aliphatic carbocycles. The quantitative estimate of drug-likeness (QED) is 0.513. The predicted octanol–water partition coefficient (Wildman–Crippen LogP) is 4.28. The highest BCUT2D eigenvalue weighted by Gasteiger charge is 2.15. The van der Waals surface area contributed by atoms with E-state index in [9.17, 15) is 14.0 Å². The second-order valence-corrected chi connectivity index (χ2v) is 7.95. The molecule has 0 bridgehead atoms. The largest absolute Gasteiger partial charge is 0.378 e. The molecular formula is C27H30FN3O3. The third-order valence-corrected chi connectivity index (χ3v) is 5.32. The zero-order chi connectivity index (χ0) is 24.2. The lowest BCUT2D eigenvalue weighted by Gasteiger charge is -2.30. The summed E-state index contributed by atoms with van der Waals surface area (Å²) >= 11 is 0. The van der Waals surface area contributed by atoms with Crippen molar-refractivity contribution < 1.29 is 18.7 Å². The maximum absolute atomic E-state index is 13.0. The SMILES string of the molecule is CC(Cc1ccccc1)NC(=O)c1ccccc1.O=CNc1cc(F)ccc1N1CCOCC1. The zero-order valence-corrected chi connectivity index (χ0v) is 19.2. The van der Waals surface area contributed by atoms with Gasteiger partial charge in [0.1, 0.15) is 5.82 Å². The normalized spacial score (nSPS) is 13.8. The molecule has 4 rings (SSSR count). The van der Waals surface area contributed by atoms with Gasteiger partial charge >= 0.3 is 0 Å². The van der Waals surface area contributed by atoms with Gasteiger partial charge in [0, 0.05) is 24.7 Å². The van der Waals surface area contributed by atoms with Gasteiger partial charge in [-0.05, 0) is 49.2 Å². The van der Waals surface area contributed by atoms with E-state index in [2.05, 4.69) is 27.7 Å². The fourth-order valence-corrected chi connectivity index (χ4v) is 3.68. The first-order chi connectivity index (χ1) is 16.6. The lowest BCUT2D eigenvalue weighted by atomic mass is 10.1. The minimum atomic E-state index is -0.360.